The molecule has 0 unspecified atom stereocenters. The Morgan fingerprint density at radius 3 is 2.86 bits per heavy atom. The summed E-state index contributed by atoms with van der Waals surface area (Å²) in [6.45, 7) is 2.22. The molecule has 1 fully saturated rings. The number of anilines is 1. The summed E-state index contributed by atoms with van der Waals surface area (Å²) >= 11 is 1.49. The summed E-state index contributed by atoms with van der Waals surface area (Å²) < 4.78 is 10.7. The van der Waals surface area contributed by atoms with Gasteiger partial charge in [-0.25, -0.2) is 4.98 Å². The van der Waals surface area contributed by atoms with Crippen LogP contribution in [0.1, 0.15) is 23.3 Å². The number of benzene rings is 1. The second-order valence-electron chi connectivity index (χ2n) is 5.38. The molecule has 0 radical (unpaired) electrons. The highest BCUT2D eigenvalue weighted by Gasteiger charge is 2.51. The van der Waals surface area contributed by atoms with Gasteiger partial charge in [0.1, 0.15) is 0 Å². The van der Waals surface area contributed by atoms with E-state index < -0.39 is 5.41 Å². The molecule has 1 aromatic heterocycles. The van der Waals surface area contributed by atoms with Gasteiger partial charge in [-0.3, -0.25) is 4.79 Å². The molecule has 1 aromatic carbocycles. The molecule has 2 heterocycles. The molecule has 1 aliphatic heterocycles. The lowest BCUT2D eigenvalue weighted by atomic mass is 9.94. The Balaban J connectivity index is 1.60. The first-order valence-corrected chi connectivity index (χ1v) is 7.63. The number of nitrogens with zero attached hydrogens (tertiary/aromatic N) is 1. The number of carbonyl (C=O) groups excluding carboxylic acids is 1. The molecule has 0 atom stereocenters. The number of thiazole rings is 1. The quantitative estimate of drug-likeness (QED) is 0.947. The summed E-state index contributed by atoms with van der Waals surface area (Å²) in [4.78, 5) is 17.9. The Morgan fingerprint density at radius 1 is 1.33 bits per heavy atom. The second-order valence-corrected chi connectivity index (χ2v) is 6.62. The van der Waals surface area contributed by atoms with Crippen molar-refractivity contribution in [2.75, 3.05) is 12.1 Å². The first kappa shape index (κ1) is 12.6. The zero-order chi connectivity index (χ0) is 14.4. The average Bonchev–Trinajstić information content (AvgIpc) is 2.99. The predicted octanol–water partition coefficient (Wildman–Crippen LogP) is 2.85. The smallest absolute Gasteiger partial charge is 0.236 e. The Kier molecular flexibility index (Phi) is 2.68. The first-order chi connectivity index (χ1) is 10.2. The molecular formula is C15H14N2O3S. The number of aromatic nitrogens is 1. The van der Waals surface area contributed by atoms with Crippen LogP contribution < -0.4 is 14.8 Å². The van der Waals surface area contributed by atoms with Crippen molar-refractivity contribution in [1.82, 2.24) is 4.98 Å². The van der Waals surface area contributed by atoms with Crippen molar-refractivity contribution in [2.45, 2.75) is 25.2 Å². The molecule has 5 nitrogen and oxygen atoms in total. The van der Waals surface area contributed by atoms with Crippen LogP contribution >= 0.6 is 11.3 Å². The largest absolute Gasteiger partial charge is 0.454 e. The molecule has 1 saturated carbocycles. The van der Waals surface area contributed by atoms with Crippen LogP contribution in [0, 0.1) is 6.92 Å². The van der Waals surface area contributed by atoms with Gasteiger partial charge in [0, 0.05) is 11.1 Å². The van der Waals surface area contributed by atoms with E-state index in [1.54, 1.807) is 6.20 Å². The molecule has 108 valence electrons. The van der Waals surface area contributed by atoms with Crippen molar-refractivity contribution in [2.24, 2.45) is 0 Å². The van der Waals surface area contributed by atoms with E-state index >= 15 is 0 Å². The van der Waals surface area contributed by atoms with E-state index in [-0.39, 0.29) is 12.7 Å². The molecule has 2 aliphatic rings. The van der Waals surface area contributed by atoms with Crippen LogP contribution in [0.5, 0.6) is 11.5 Å². The van der Waals surface area contributed by atoms with Crippen molar-refractivity contribution in [3.8, 4) is 11.5 Å². The van der Waals surface area contributed by atoms with Gasteiger partial charge in [0.25, 0.3) is 0 Å². The third kappa shape index (κ3) is 2.06. The van der Waals surface area contributed by atoms with Crippen LogP contribution in [0.4, 0.5) is 5.13 Å². The summed E-state index contributed by atoms with van der Waals surface area (Å²) in [5.74, 6) is 1.47. The van der Waals surface area contributed by atoms with E-state index in [9.17, 15) is 4.79 Å². The molecule has 0 spiro atoms. The van der Waals surface area contributed by atoms with E-state index in [1.165, 1.54) is 11.3 Å². The highest BCUT2D eigenvalue weighted by molar-refractivity contribution is 7.15. The van der Waals surface area contributed by atoms with E-state index in [2.05, 4.69) is 10.3 Å². The van der Waals surface area contributed by atoms with Gasteiger partial charge in [0.15, 0.2) is 16.6 Å². The van der Waals surface area contributed by atoms with Crippen molar-refractivity contribution >= 4 is 22.4 Å². The number of carbonyl (C=O) groups is 1. The minimum Gasteiger partial charge on any atom is -0.454 e. The van der Waals surface area contributed by atoms with Gasteiger partial charge in [-0.05, 0) is 37.5 Å². The fourth-order valence-electron chi connectivity index (χ4n) is 2.60. The maximum Gasteiger partial charge on any atom is 0.236 e. The molecule has 2 aromatic rings. The van der Waals surface area contributed by atoms with E-state index in [1.807, 2.05) is 25.1 Å². The van der Waals surface area contributed by atoms with Crippen LogP contribution in [0.2, 0.25) is 0 Å². The van der Waals surface area contributed by atoms with Crippen molar-refractivity contribution in [3.05, 3.63) is 34.8 Å². The number of rotatable bonds is 3. The summed E-state index contributed by atoms with van der Waals surface area (Å²) in [6, 6.07) is 5.74. The number of hydrogen-bond acceptors (Lipinski definition) is 5. The molecule has 21 heavy (non-hydrogen) atoms. The predicted molar refractivity (Wildman–Crippen MR) is 79.0 cm³/mol. The Hall–Kier alpha value is -2.08. The zero-order valence-corrected chi connectivity index (χ0v) is 12.3. The fourth-order valence-corrected chi connectivity index (χ4v) is 3.25. The van der Waals surface area contributed by atoms with Gasteiger partial charge < -0.3 is 14.8 Å². The zero-order valence-electron chi connectivity index (χ0n) is 11.5. The van der Waals surface area contributed by atoms with Gasteiger partial charge in [0.2, 0.25) is 12.7 Å². The molecule has 6 heteroatoms. The van der Waals surface area contributed by atoms with Crippen molar-refractivity contribution in [1.29, 1.82) is 0 Å². The fraction of sp³-hybridized carbons (Fsp3) is 0.333. The maximum atomic E-state index is 12.6. The van der Waals surface area contributed by atoms with Crippen LogP contribution in [0.15, 0.2) is 24.4 Å². The molecule has 1 aliphatic carbocycles. The molecule has 4 rings (SSSR count). The number of ether oxygens (including phenoxy) is 2. The van der Waals surface area contributed by atoms with Crippen LogP contribution in [0.25, 0.3) is 0 Å². The third-order valence-electron chi connectivity index (χ3n) is 3.95. The Labute approximate surface area is 125 Å². The number of nitrogens with one attached hydrogen (secondary N) is 1. The highest BCUT2D eigenvalue weighted by atomic mass is 32.1. The van der Waals surface area contributed by atoms with Crippen LogP contribution in [-0.4, -0.2) is 17.7 Å². The first-order valence-electron chi connectivity index (χ1n) is 6.81. The Bertz CT molecular complexity index is 721. The summed E-state index contributed by atoms with van der Waals surface area (Å²) in [5.41, 5.74) is 0.540. The van der Waals surface area contributed by atoms with E-state index in [0.717, 1.165) is 34.8 Å². The minimum absolute atomic E-state index is 0.00992. The van der Waals surface area contributed by atoms with Gasteiger partial charge in [0.05, 0.1) is 5.41 Å². The van der Waals surface area contributed by atoms with Crippen molar-refractivity contribution in [3.63, 3.8) is 0 Å². The minimum atomic E-state index is -0.444. The lowest BCUT2D eigenvalue weighted by Gasteiger charge is -2.15. The van der Waals surface area contributed by atoms with Crippen LogP contribution in [0.3, 0.4) is 0 Å². The average molecular weight is 302 g/mol. The summed E-state index contributed by atoms with van der Waals surface area (Å²) in [5, 5.41) is 3.59. The van der Waals surface area contributed by atoms with Gasteiger partial charge >= 0.3 is 0 Å². The van der Waals surface area contributed by atoms with Gasteiger partial charge in [-0.1, -0.05) is 6.07 Å². The number of fused-ring (bicyclic) bond motifs is 1. The lowest BCUT2D eigenvalue weighted by Crippen LogP contribution is -2.27. The molecular weight excluding hydrogens is 288 g/mol. The standard InChI is InChI=1S/C15H14N2O3S/c1-9-7-16-14(21-9)17-13(18)15(4-5-15)10-2-3-11-12(6-10)20-8-19-11/h2-3,6-7H,4-5,8H2,1H3,(H,16,17,18). The second kappa shape index (κ2) is 4.46. The maximum absolute atomic E-state index is 12.6. The molecule has 0 saturated heterocycles. The summed E-state index contributed by atoms with van der Waals surface area (Å²) in [7, 11) is 0. The molecule has 1 N–H and O–H groups in total. The normalized spacial score (nSPS) is 17.6. The number of hydrogen-bond donors (Lipinski definition) is 1. The van der Waals surface area contributed by atoms with E-state index in [4.69, 9.17) is 9.47 Å². The topological polar surface area (TPSA) is 60.5 Å². The molecule has 0 bridgehead atoms. The SMILES string of the molecule is Cc1cnc(NC(=O)C2(c3ccc4c(c3)OCO4)CC2)s1. The highest BCUT2D eigenvalue weighted by Crippen LogP contribution is 2.51. The van der Waals surface area contributed by atoms with Crippen LogP contribution in [-0.2, 0) is 10.2 Å². The van der Waals surface area contributed by atoms with Crippen molar-refractivity contribution < 1.29 is 14.3 Å². The van der Waals surface area contributed by atoms with E-state index in [0.29, 0.717) is 5.13 Å². The van der Waals surface area contributed by atoms with Gasteiger partial charge in [-0.15, -0.1) is 11.3 Å². The number of amides is 1. The lowest BCUT2D eigenvalue weighted by molar-refractivity contribution is -0.118. The molecule has 1 amide bonds. The number of aryl methyl sites for hydroxylation is 1. The monoisotopic (exact) mass is 302 g/mol. The Morgan fingerprint density at radius 2 is 2.14 bits per heavy atom. The van der Waals surface area contributed by atoms with Gasteiger partial charge in [-0.2, -0.15) is 0 Å². The summed E-state index contributed by atoms with van der Waals surface area (Å²) in [6.07, 6.45) is 3.46. The third-order valence-corrected chi connectivity index (χ3v) is 4.78.